The monoisotopic (exact) mass is 290 g/mol. The molecular formula is C11H15BrO2S. The number of thiophene rings is 1. The van der Waals surface area contributed by atoms with Gasteiger partial charge in [0.25, 0.3) is 0 Å². The van der Waals surface area contributed by atoms with Crippen molar-refractivity contribution in [1.29, 1.82) is 0 Å². The van der Waals surface area contributed by atoms with E-state index in [1.54, 1.807) is 11.3 Å². The summed E-state index contributed by atoms with van der Waals surface area (Å²) in [6, 6.07) is 2.08. The summed E-state index contributed by atoms with van der Waals surface area (Å²) in [4.78, 5) is 1.22. The van der Waals surface area contributed by atoms with Crippen LogP contribution in [0.5, 0.6) is 0 Å². The lowest BCUT2D eigenvalue weighted by Gasteiger charge is -2.28. The van der Waals surface area contributed by atoms with Crippen molar-refractivity contribution in [3.8, 4) is 0 Å². The molecule has 1 aromatic rings. The van der Waals surface area contributed by atoms with Crippen molar-refractivity contribution in [2.75, 3.05) is 13.2 Å². The van der Waals surface area contributed by atoms with E-state index < -0.39 is 5.60 Å². The third kappa shape index (κ3) is 2.81. The Balaban J connectivity index is 2.02. The third-order valence-electron chi connectivity index (χ3n) is 2.96. The van der Waals surface area contributed by atoms with Crippen LogP contribution in [0.2, 0.25) is 0 Å². The van der Waals surface area contributed by atoms with Crippen molar-refractivity contribution >= 4 is 27.3 Å². The van der Waals surface area contributed by atoms with Crippen LogP contribution in [0.4, 0.5) is 0 Å². The summed E-state index contributed by atoms with van der Waals surface area (Å²) in [6.07, 6.45) is 1.69. The molecule has 0 spiro atoms. The van der Waals surface area contributed by atoms with Gasteiger partial charge in [0.1, 0.15) is 0 Å². The Morgan fingerprint density at radius 2 is 2.53 bits per heavy atom. The summed E-state index contributed by atoms with van der Waals surface area (Å²) in [5.41, 5.74) is -0.638. The first kappa shape index (κ1) is 11.6. The van der Waals surface area contributed by atoms with Crippen molar-refractivity contribution < 1.29 is 9.84 Å². The molecule has 84 valence electrons. The van der Waals surface area contributed by atoms with E-state index in [1.807, 2.05) is 6.92 Å². The zero-order chi connectivity index (χ0) is 10.9. The molecule has 1 aliphatic rings. The molecule has 0 bridgehead atoms. The Labute approximate surface area is 102 Å². The van der Waals surface area contributed by atoms with Crippen LogP contribution < -0.4 is 0 Å². The van der Waals surface area contributed by atoms with E-state index in [0.29, 0.717) is 6.61 Å². The molecule has 1 N–H and O–H groups in total. The molecule has 2 atom stereocenters. The SMILES string of the molecule is CC(O)(Cc1cc(Br)cs1)C1CCOC1. The molecule has 2 heterocycles. The van der Waals surface area contributed by atoms with Crippen LogP contribution in [0.15, 0.2) is 15.9 Å². The van der Waals surface area contributed by atoms with Crippen LogP contribution >= 0.6 is 27.3 Å². The lowest BCUT2D eigenvalue weighted by molar-refractivity contribution is -0.00389. The molecule has 0 amide bonds. The van der Waals surface area contributed by atoms with Gasteiger partial charge in [-0.25, -0.2) is 0 Å². The van der Waals surface area contributed by atoms with Gasteiger partial charge in [-0.05, 0) is 35.3 Å². The van der Waals surface area contributed by atoms with Crippen LogP contribution in [0.3, 0.4) is 0 Å². The third-order valence-corrected chi connectivity index (χ3v) is 4.66. The molecule has 2 rings (SSSR count). The summed E-state index contributed by atoms with van der Waals surface area (Å²) in [6.45, 7) is 3.40. The van der Waals surface area contributed by atoms with E-state index in [2.05, 4.69) is 27.4 Å². The number of aliphatic hydroxyl groups is 1. The molecule has 1 aromatic heterocycles. The van der Waals surface area contributed by atoms with Gasteiger partial charge < -0.3 is 9.84 Å². The lowest BCUT2D eigenvalue weighted by atomic mass is 9.85. The highest BCUT2D eigenvalue weighted by molar-refractivity contribution is 9.10. The fourth-order valence-electron chi connectivity index (χ4n) is 1.97. The second-order valence-electron chi connectivity index (χ2n) is 4.33. The van der Waals surface area contributed by atoms with Gasteiger partial charge in [-0.1, -0.05) is 0 Å². The lowest BCUT2D eigenvalue weighted by Crippen LogP contribution is -2.37. The largest absolute Gasteiger partial charge is 0.389 e. The van der Waals surface area contributed by atoms with Crippen LogP contribution in [-0.4, -0.2) is 23.9 Å². The van der Waals surface area contributed by atoms with Gasteiger partial charge in [0.05, 0.1) is 12.2 Å². The predicted octanol–water partition coefficient (Wildman–Crippen LogP) is 2.84. The smallest absolute Gasteiger partial charge is 0.0718 e. The molecule has 0 aromatic carbocycles. The first-order valence-corrected chi connectivity index (χ1v) is 6.78. The normalized spacial score (nSPS) is 25.4. The molecule has 0 radical (unpaired) electrons. The van der Waals surface area contributed by atoms with Gasteiger partial charge in [0.2, 0.25) is 0 Å². The first-order chi connectivity index (χ1) is 7.08. The molecule has 4 heteroatoms. The van der Waals surface area contributed by atoms with E-state index in [0.717, 1.165) is 23.9 Å². The average Bonchev–Trinajstić information content (AvgIpc) is 2.75. The van der Waals surface area contributed by atoms with Gasteiger partial charge >= 0.3 is 0 Å². The summed E-state index contributed by atoms with van der Waals surface area (Å²) in [5, 5.41) is 12.4. The highest BCUT2D eigenvalue weighted by Crippen LogP contribution is 2.31. The van der Waals surface area contributed by atoms with Crippen LogP contribution in [-0.2, 0) is 11.2 Å². The van der Waals surface area contributed by atoms with E-state index in [-0.39, 0.29) is 5.92 Å². The van der Waals surface area contributed by atoms with Crippen LogP contribution in [0, 0.1) is 5.92 Å². The standard InChI is InChI=1S/C11H15BrO2S/c1-11(13,8-2-3-14-6-8)5-10-4-9(12)7-15-10/h4,7-8,13H,2-3,5-6H2,1H3. The summed E-state index contributed by atoms with van der Waals surface area (Å²) in [5.74, 6) is 0.276. The van der Waals surface area contributed by atoms with Crippen molar-refractivity contribution in [1.82, 2.24) is 0 Å². The zero-order valence-corrected chi connectivity index (χ0v) is 11.1. The second kappa shape index (κ2) is 4.53. The molecule has 1 aliphatic heterocycles. The Hall–Kier alpha value is 0.1000. The van der Waals surface area contributed by atoms with E-state index in [4.69, 9.17) is 4.74 Å². The molecule has 0 saturated carbocycles. The fraction of sp³-hybridized carbons (Fsp3) is 0.636. The first-order valence-electron chi connectivity index (χ1n) is 5.11. The summed E-state index contributed by atoms with van der Waals surface area (Å²) < 4.78 is 6.42. The minimum Gasteiger partial charge on any atom is -0.389 e. The predicted molar refractivity (Wildman–Crippen MR) is 65.3 cm³/mol. The summed E-state index contributed by atoms with van der Waals surface area (Å²) >= 11 is 5.11. The van der Waals surface area contributed by atoms with Crippen molar-refractivity contribution in [2.45, 2.75) is 25.4 Å². The molecule has 0 aliphatic carbocycles. The molecular weight excluding hydrogens is 276 g/mol. The zero-order valence-electron chi connectivity index (χ0n) is 8.70. The Bertz CT molecular complexity index is 329. The van der Waals surface area contributed by atoms with Gasteiger partial charge in [0, 0.05) is 33.7 Å². The Morgan fingerprint density at radius 1 is 1.73 bits per heavy atom. The topological polar surface area (TPSA) is 29.5 Å². The molecule has 2 nitrogen and oxygen atoms in total. The highest BCUT2D eigenvalue weighted by atomic mass is 79.9. The van der Waals surface area contributed by atoms with E-state index >= 15 is 0 Å². The van der Waals surface area contributed by atoms with Gasteiger partial charge in [0.15, 0.2) is 0 Å². The maximum absolute atomic E-state index is 10.4. The van der Waals surface area contributed by atoms with Crippen LogP contribution in [0.25, 0.3) is 0 Å². The van der Waals surface area contributed by atoms with Gasteiger partial charge in [-0.3, -0.25) is 0 Å². The average molecular weight is 291 g/mol. The minimum atomic E-state index is -0.638. The Kier molecular flexibility index (Phi) is 3.50. The highest BCUT2D eigenvalue weighted by Gasteiger charge is 2.35. The number of hydrogen-bond acceptors (Lipinski definition) is 3. The van der Waals surface area contributed by atoms with E-state index in [1.165, 1.54) is 4.88 Å². The molecule has 1 saturated heterocycles. The summed E-state index contributed by atoms with van der Waals surface area (Å²) in [7, 11) is 0. The van der Waals surface area contributed by atoms with Crippen molar-refractivity contribution in [3.05, 3.63) is 20.8 Å². The van der Waals surface area contributed by atoms with Gasteiger partial charge in [-0.2, -0.15) is 0 Å². The maximum Gasteiger partial charge on any atom is 0.0718 e. The van der Waals surface area contributed by atoms with Crippen molar-refractivity contribution in [2.24, 2.45) is 5.92 Å². The number of halogens is 1. The molecule has 2 unspecified atom stereocenters. The van der Waals surface area contributed by atoms with Crippen molar-refractivity contribution in [3.63, 3.8) is 0 Å². The number of rotatable bonds is 3. The van der Waals surface area contributed by atoms with Gasteiger partial charge in [-0.15, -0.1) is 11.3 Å². The second-order valence-corrected chi connectivity index (χ2v) is 6.24. The van der Waals surface area contributed by atoms with Crippen LogP contribution in [0.1, 0.15) is 18.2 Å². The Morgan fingerprint density at radius 3 is 3.07 bits per heavy atom. The molecule has 15 heavy (non-hydrogen) atoms. The number of hydrogen-bond donors (Lipinski definition) is 1. The molecule has 1 fully saturated rings. The minimum absolute atomic E-state index is 0.276. The quantitative estimate of drug-likeness (QED) is 0.928. The fourth-order valence-corrected chi connectivity index (χ4v) is 3.58. The number of ether oxygens (including phenoxy) is 1. The van der Waals surface area contributed by atoms with E-state index in [9.17, 15) is 5.11 Å². The maximum atomic E-state index is 10.4.